The van der Waals surface area contributed by atoms with Gasteiger partial charge in [-0.25, -0.2) is 0 Å². The van der Waals surface area contributed by atoms with Crippen molar-refractivity contribution in [3.05, 3.63) is 11.6 Å². The quantitative estimate of drug-likeness (QED) is 0.496. The maximum absolute atomic E-state index is 2.45. The molecule has 0 aromatic heterocycles. The summed E-state index contributed by atoms with van der Waals surface area (Å²) in [6.45, 7) is 4.51. The Morgan fingerprint density at radius 2 is 2.44 bits per heavy atom. The van der Waals surface area contributed by atoms with Gasteiger partial charge in [0.15, 0.2) is 0 Å². The molecule has 0 saturated heterocycles. The number of hydrogen-bond acceptors (Lipinski definition) is 0. The van der Waals surface area contributed by atoms with Crippen LogP contribution in [0.5, 0.6) is 0 Å². The zero-order valence-corrected chi connectivity index (χ0v) is 6.48. The van der Waals surface area contributed by atoms with Crippen molar-refractivity contribution in [3.63, 3.8) is 0 Å². The molecule has 9 heavy (non-hydrogen) atoms. The van der Waals surface area contributed by atoms with E-state index in [4.69, 9.17) is 0 Å². The molecule has 1 aliphatic rings. The van der Waals surface area contributed by atoms with Crippen LogP contribution in [0.25, 0.3) is 0 Å². The summed E-state index contributed by atoms with van der Waals surface area (Å²) >= 11 is 0. The van der Waals surface area contributed by atoms with Crippen LogP contribution in [0.3, 0.4) is 0 Å². The predicted molar refractivity (Wildman–Crippen MR) is 41.4 cm³/mol. The molecule has 52 valence electrons. The van der Waals surface area contributed by atoms with Crippen molar-refractivity contribution in [2.75, 3.05) is 0 Å². The van der Waals surface area contributed by atoms with E-state index < -0.39 is 0 Å². The summed E-state index contributed by atoms with van der Waals surface area (Å²) in [5.41, 5.74) is 1.61. The van der Waals surface area contributed by atoms with E-state index in [-0.39, 0.29) is 0 Å². The molecule has 0 aromatic carbocycles. The maximum Gasteiger partial charge on any atom is -0.0228 e. The molecule has 0 fully saturated rings. The van der Waals surface area contributed by atoms with E-state index in [2.05, 4.69) is 19.9 Å². The molecule has 0 saturated carbocycles. The van der Waals surface area contributed by atoms with Crippen LogP contribution < -0.4 is 0 Å². The summed E-state index contributed by atoms with van der Waals surface area (Å²) in [4.78, 5) is 0. The van der Waals surface area contributed by atoms with Gasteiger partial charge in [-0.1, -0.05) is 25.0 Å². The van der Waals surface area contributed by atoms with E-state index in [1.165, 1.54) is 25.7 Å². The molecule has 1 unspecified atom stereocenters. The lowest BCUT2D eigenvalue weighted by Gasteiger charge is -2.01. The minimum atomic E-state index is 0.926. The zero-order valence-electron chi connectivity index (χ0n) is 6.48. The fourth-order valence-electron chi connectivity index (χ4n) is 1.58. The first-order valence-electron chi connectivity index (χ1n) is 4.00. The van der Waals surface area contributed by atoms with Crippen LogP contribution in [-0.4, -0.2) is 0 Å². The Morgan fingerprint density at radius 1 is 1.67 bits per heavy atom. The van der Waals surface area contributed by atoms with E-state index in [1.54, 1.807) is 5.57 Å². The Kier molecular flexibility index (Phi) is 2.32. The van der Waals surface area contributed by atoms with Gasteiger partial charge >= 0.3 is 0 Å². The van der Waals surface area contributed by atoms with E-state index in [9.17, 15) is 0 Å². The Balaban J connectivity index is 2.29. The first-order chi connectivity index (χ1) is 4.33. The Labute approximate surface area is 58.0 Å². The highest BCUT2D eigenvalue weighted by atomic mass is 14.2. The number of hydrogen-bond donors (Lipinski definition) is 0. The van der Waals surface area contributed by atoms with Gasteiger partial charge in [0, 0.05) is 0 Å². The summed E-state index contributed by atoms with van der Waals surface area (Å²) in [5, 5.41) is 0. The van der Waals surface area contributed by atoms with Gasteiger partial charge in [-0.2, -0.15) is 0 Å². The largest absolute Gasteiger partial charge is 0.0825 e. The summed E-state index contributed by atoms with van der Waals surface area (Å²) in [5.74, 6) is 0.926. The van der Waals surface area contributed by atoms with Crippen LogP contribution in [0.15, 0.2) is 11.6 Å². The van der Waals surface area contributed by atoms with Gasteiger partial charge in [0.25, 0.3) is 0 Å². The molecule has 0 heterocycles. The van der Waals surface area contributed by atoms with Crippen molar-refractivity contribution in [1.82, 2.24) is 0 Å². The predicted octanol–water partition coefficient (Wildman–Crippen LogP) is 3.14. The maximum atomic E-state index is 2.45. The van der Waals surface area contributed by atoms with Crippen molar-refractivity contribution in [1.29, 1.82) is 0 Å². The van der Waals surface area contributed by atoms with Gasteiger partial charge in [-0.05, 0) is 32.1 Å². The van der Waals surface area contributed by atoms with E-state index in [0.717, 1.165) is 5.92 Å². The lowest BCUT2D eigenvalue weighted by atomic mass is 10.0. The van der Waals surface area contributed by atoms with Crippen LogP contribution in [0.2, 0.25) is 0 Å². The second-order valence-corrected chi connectivity index (χ2v) is 3.10. The molecule has 0 aromatic rings. The summed E-state index contributed by atoms with van der Waals surface area (Å²) in [7, 11) is 0. The fourth-order valence-corrected chi connectivity index (χ4v) is 1.58. The SMILES string of the molecule is CCCC1C=C(C)CC1. The lowest BCUT2D eigenvalue weighted by Crippen LogP contribution is -1.88. The molecule has 0 nitrogen and oxygen atoms in total. The highest BCUT2D eigenvalue weighted by molar-refractivity contribution is 5.07. The van der Waals surface area contributed by atoms with E-state index in [1.807, 2.05) is 0 Å². The first kappa shape index (κ1) is 6.85. The van der Waals surface area contributed by atoms with E-state index >= 15 is 0 Å². The van der Waals surface area contributed by atoms with Crippen LogP contribution in [0, 0.1) is 5.92 Å². The normalized spacial score (nSPS) is 26.4. The topological polar surface area (TPSA) is 0 Å². The third kappa shape index (κ3) is 1.85. The molecule has 1 atom stereocenters. The fraction of sp³-hybridized carbons (Fsp3) is 0.778. The van der Waals surface area contributed by atoms with Crippen molar-refractivity contribution in [2.24, 2.45) is 5.92 Å². The second kappa shape index (κ2) is 3.05. The van der Waals surface area contributed by atoms with Gasteiger partial charge in [0.05, 0.1) is 0 Å². The van der Waals surface area contributed by atoms with E-state index in [0.29, 0.717) is 0 Å². The van der Waals surface area contributed by atoms with Gasteiger partial charge in [0.1, 0.15) is 0 Å². The summed E-state index contributed by atoms with van der Waals surface area (Å²) in [6.07, 6.45) is 7.96. The minimum Gasteiger partial charge on any atom is -0.0825 e. The van der Waals surface area contributed by atoms with Crippen molar-refractivity contribution < 1.29 is 0 Å². The average molecular weight is 124 g/mol. The third-order valence-corrected chi connectivity index (χ3v) is 2.09. The van der Waals surface area contributed by atoms with Gasteiger partial charge in [0.2, 0.25) is 0 Å². The monoisotopic (exact) mass is 124 g/mol. The standard InChI is InChI=1S/C9H16/c1-3-4-9-6-5-8(2)7-9/h7,9H,3-6H2,1-2H3. The van der Waals surface area contributed by atoms with Gasteiger partial charge in [-0.3, -0.25) is 0 Å². The Hall–Kier alpha value is -0.260. The van der Waals surface area contributed by atoms with Crippen LogP contribution in [0.4, 0.5) is 0 Å². The number of allylic oxidation sites excluding steroid dienone is 2. The van der Waals surface area contributed by atoms with Gasteiger partial charge < -0.3 is 0 Å². The Bertz CT molecular complexity index is 111. The highest BCUT2D eigenvalue weighted by Crippen LogP contribution is 2.26. The molecule has 0 N–H and O–H groups in total. The van der Waals surface area contributed by atoms with Crippen LogP contribution in [0.1, 0.15) is 39.5 Å². The smallest absolute Gasteiger partial charge is 0.0228 e. The third-order valence-electron chi connectivity index (χ3n) is 2.09. The number of rotatable bonds is 2. The highest BCUT2D eigenvalue weighted by Gasteiger charge is 2.10. The summed E-state index contributed by atoms with van der Waals surface area (Å²) in [6, 6.07) is 0. The van der Waals surface area contributed by atoms with Gasteiger partial charge in [-0.15, -0.1) is 0 Å². The van der Waals surface area contributed by atoms with Crippen LogP contribution in [-0.2, 0) is 0 Å². The lowest BCUT2D eigenvalue weighted by molar-refractivity contribution is 0.568. The van der Waals surface area contributed by atoms with Crippen molar-refractivity contribution in [2.45, 2.75) is 39.5 Å². The molecule has 1 aliphatic carbocycles. The summed E-state index contributed by atoms with van der Waals surface area (Å²) < 4.78 is 0. The average Bonchev–Trinajstić information content (AvgIpc) is 2.17. The molecule has 1 rings (SSSR count). The second-order valence-electron chi connectivity index (χ2n) is 3.10. The molecule has 0 radical (unpaired) electrons. The minimum absolute atomic E-state index is 0.926. The zero-order chi connectivity index (χ0) is 6.69. The molecule has 0 aliphatic heterocycles. The molecular weight excluding hydrogens is 108 g/mol. The Morgan fingerprint density at radius 3 is 2.89 bits per heavy atom. The molecule has 0 bridgehead atoms. The molecule has 0 spiro atoms. The van der Waals surface area contributed by atoms with Crippen molar-refractivity contribution >= 4 is 0 Å². The molecular formula is C9H16. The van der Waals surface area contributed by atoms with Crippen LogP contribution >= 0.6 is 0 Å². The molecule has 0 amide bonds. The molecule has 0 heteroatoms. The van der Waals surface area contributed by atoms with Crippen molar-refractivity contribution in [3.8, 4) is 0 Å². The first-order valence-corrected chi connectivity index (χ1v) is 4.00.